The second-order valence-corrected chi connectivity index (χ2v) is 14.9. The molecule has 5 aromatic rings. The molecule has 0 saturated carbocycles. The largest absolute Gasteiger partial charge is 0.480 e. The van der Waals surface area contributed by atoms with E-state index in [1.54, 1.807) is 0 Å². The molecule has 1 aliphatic rings. The van der Waals surface area contributed by atoms with Gasteiger partial charge in [0.1, 0.15) is 24.4 Å². The lowest BCUT2D eigenvalue weighted by Crippen LogP contribution is -2.49. The number of carbonyl (C=O) groups excluding carboxylic acids is 2. The number of phosphoric acid groups is 1. The molecular formula is C33H37FN13O14P. The number of aliphatic hydroxyl groups is 2. The third-order valence-corrected chi connectivity index (χ3v) is 10.2. The van der Waals surface area contributed by atoms with E-state index in [0.29, 0.717) is 11.4 Å². The third-order valence-electron chi connectivity index (χ3n) is 9.16. The Bertz CT molecular complexity index is 2620. The SMILES string of the molecule is CC(OP(=O)(O)OCC1OC(n2cnc3c(N)nc(F)nc32)[C@@H](O)C1O)C(NC(=O)CCC(NC(=O)c1ccc(NCc2cnc3nc(N)[nH]c(=O)c3n2)cc1)C(=O)O)C(=O)O. The second kappa shape index (κ2) is 18.4. The minimum absolute atomic E-state index is 0.0134. The number of fused-ring (bicyclic) bond motifs is 2. The number of aliphatic hydroxyl groups excluding tert-OH is 2. The van der Waals surface area contributed by atoms with Crippen LogP contribution in [0.1, 0.15) is 42.0 Å². The van der Waals surface area contributed by atoms with Gasteiger partial charge in [-0.15, -0.1) is 0 Å². The van der Waals surface area contributed by atoms with E-state index < -0.39 is 105 Å². The Labute approximate surface area is 345 Å². The summed E-state index contributed by atoms with van der Waals surface area (Å²) in [6.07, 6.45) is -8.04. The van der Waals surface area contributed by atoms with E-state index in [1.807, 2.05) is 0 Å². The fraction of sp³-hybridized carbons (Fsp3) is 0.364. The van der Waals surface area contributed by atoms with Crippen molar-refractivity contribution in [3.8, 4) is 0 Å². The number of H-pyrrole nitrogens is 1. The van der Waals surface area contributed by atoms with E-state index in [4.69, 9.17) is 25.3 Å². The van der Waals surface area contributed by atoms with Crippen molar-refractivity contribution in [2.75, 3.05) is 23.4 Å². The molecule has 62 heavy (non-hydrogen) atoms. The Morgan fingerprint density at radius 2 is 1.74 bits per heavy atom. The maximum absolute atomic E-state index is 13.8. The van der Waals surface area contributed by atoms with Gasteiger partial charge in [-0.2, -0.15) is 19.3 Å². The topological polar surface area (TPSA) is 417 Å². The molecule has 1 aliphatic heterocycles. The number of nitrogens with one attached hydrogen (secondary N) is 4. The van der Waals surface area contributed by atoms with Gasteiger partial charge in [0.15, 0.2) is 40.4 Å². The minimum Gasteiger partial charge on any atom is -0.480 e. The highest BCUT2D eigenvalue weighted by Gasteiger charge is 2.46. The van der Waals surface area contributed by atoms with Crippen LogP contribution in [0, 0.1) is 6.08 Å². The number of carboxylic acid groups (broad SMARTS) is 2. The number of imidazole rings is 1. The van der Waals surface area contributed by atoms with Crippen molar-refractivity contribution in [3.05, 3.63) is 64.5 Å². The quantitative estimate of drug-likeness (QED) is 0.0339. The van der Waals surface area contributed by atoms with Crippen molar-refractivity contribution < 1.29 is 67.2 Å². The number of amides is 2. The van der Waals surface area contributed by atoms with E-state index in [-0.39, 0.29) is 46.2 Å². The van der Waals surface area contributed by atoms with Gasteiger partial charge in [0.25, 0.3) is 11.5 Å². The Kier molecular flexibility index (Phi) is 13.3. The molecule has 0 spiro atoms. The van der Waals surface area contributed by atoms with Crippen molar-refractivity contribution in [2.24, 2.45) is 0 Å². The zero-order valence-corrected chi connectivity index (χ0v) is 32.7. The van der Waals surface area contributed by atoms with Crippen LogP contribution >= 0.6 is 7.82 Å². The molecule has 5 heterocycles. The number of aromatic amines is 1. The summed E-state index contributed by atoms with van der Waals surface area (Å²) >= 11 is 0. The number of hydrogen-bond donors (Lipinski definition) is 11. The van der Waals surface area contributed by atoms with Crippen LogP contribution in [-0.2, 0) is 39.3 Å². The molecule has 1 saturated heterocycles. The molecule has 330 valence electrons. The Morgan fingerprint density at radius 1 is 1.02 bits per heavy atom. The van der Waals surface area contributed by atoms with Crippen molar-refractivity contribution in [2.45, 2.75) is 69.0 Å². The van der Waals surface area contributed by atoms with Crippen LogP contribution in [0.4, 0.5) is 21.8 Å². The summed E-state index contributed by atoms with van der Waals surface area (Å²) in [5.74, 6) is -5.49. The van der Waals surface area contributed by atoms with Crippen LogP contribution in [0.25, 0.3) is 22.3 Å². The van der Waals surface area contributed by atoms with Gasteiger partial charge in [-0.05, 0) is 37.6 Å². The fourth-order valence-corrected chi connectivity index (χ4v) is 6.99. The minimum atomic E-state index is -5.18. The first-order chi connectivity index (χ1) is 29.3. The van der Waals surface area contributed by atoms with Crippen LogP contribution in [0.2, 0.25) is 0 Å². The molecule has 29 heteroatoms. The van der Waals surface area contributed by atoms with Gasteiger partial charge in [0, 0.05) is 17.7 Å². The van der Waals surface area contributed by atoms with Crippen LogP contribution in [0.15, 0.2) is 41.6 Å². The number of nitrogens with zero attached hydrogens (tertiary/aromatic N) is 7. The summed E-state index contributed by atoms with van der Waals surface area (Å²) in [5.41, 5.74) is 11.4. The summed E-state index contributed by atoms with van der Waals surface area (Å²) in [6, 6.07) is 2.21. The average Bonchev–Trinajstić information content (AvgIpc) is 3.75. The molecule has 13 N–H and O–H groups in total. The number of rotatable bonds is 18. The third kappa shape index (κ3) is 10.4. The maximum Gasteiger partial charge on any atom is 0.472 e. The lowest BCUT2D eigenvalue weighted by atomic mass is 10.1. The van der Waals surface area contributed by atoms with E-state index in [1.165, 1.54) is 30.5 Å². The highest BCUT2D eigenvalue weighted by atomic mass is 31.2. The molecule has 27 nitrogen and oxygen atoms in total. The number of anilines is 3. The molecule has 0 bridgehead atoms. The first kappa shape index (κ1) is 44.7. The van der Waals surface area contributed by atoms with Gasteiger partial charge < -0.3 is 57.5 Å². The van der Waals surface area contributed by atoms with Gasteiger partial charge in [-0.1, -0.05) is 0 Å². The van der Waals surface area contributed by atoms with Crippen molar-refractivity contribution in [1.82, 2.24) is 50.1 Å². The monoisotopic (exact) mass is 889 g/mol. The van der Waals surface area contributed by atoms with Crippen LogP contribution < -0.4 is 33.0 Å². The summed E-state index contributed by atoms with van der Waals surface area (Å²) in [7, 11) is -5.18. The molecule has 0 aliphatic carbocycles. The van der Waals surface area contributed by atoms with E-state index in [2.05, 4.69) is 50.8 Å². The number of hydrogen-bond acceptors (Lipinski definition) is 20. The molecule has 4 aromatic heterocycles. The molecule has 0 radical (unpaired) electrons. The van der Waals surface area contributed by atoms with Crippen molar-refractivity contribution >= 4 is 71.4 Å². The molecule has 6 rings (SSSR count). The summed E-state index contributed by atoms with van der Waals surface area (Å²) < 4.78 is 43.1. The molecule has 1 fully saturated rings. The van der Waals surface area contributed by atoms with Crippen LogP contribution in [0.3, 0.4) is 0 Å². The Balaban J connectivity index is 0.971. The number of carbonyl (C=O) groups is 4. The van der Waals surface area contributed by atoms with E-state index in [9.17, 15) is 58.2 Å². The predicted molar refractivity (Wildman–Crippen MR) is 206 cm³/mol. The fourth-order valence-electron chi connectivity index (χ4n) is 6.05. The number of phosphoric ester groups is 1. The number of halogens is 1. The van der Waals surface area contributed by atoms with Crippen molar-refractivity contribution in [1.29, 1.82) is 0 Å². The number of aliphatic carboxylic acids is 2. The van der Waals surface area contributed by atoms with E-state index in [0.717, 1.165) is 17.8 Å². The summed E-state index contributed by atoms with van der Waals surface area (Å²) in [4.78, 5) is 97.5. The zero-order chi connectivity index (χ0) is 45.0. The van der Waals surface area contributed by atoms with Crippen LogP contribution in [0.5, 0.6) is 0 Å². The standard InChI is InChI=1S/C33H37FN13O14P/c1-12(61-62(57,58)59-10-17-22(49)23(50)29(60-17)47-11-39-20-24(35)43-32(34)45-26(20)47)19(31(55)56)42-18(48)7-6-16(30(53)54)41-27(51)13-2-4-14(5-3-13)37-8-15-9-38-25-21(40-15)28(52)46-33(36)44-25/h2-5,9,11-12,16-17,19,22-23,29,37,49-50H,6-8,10H2,1H3,(H,41,51)(H,42,48)(H,53,54)(H,55,56)(H,57,58)(H2,35,43,45)(H3,36,38,44,46,52)/t12?,16?,17?,19?,22?,23-,29?/m0/s1. The van der Waals surface area contributed by atoms with E-state index >= 15 is 0 Å². The Hall–Kier alpha value is -6.81. The number of nitrogens with two attached hydrogens (primary N) is 2. The number of benzene rings is 1. The highest BCUT2D eigenvalue weighted by Crippen LogP contribution is 2.46. The van der Waals surface area contributed by atoms with Gasteiger partial charge in [-0.25, -0.2) is 29.1 Å². The van der Waals surface area contributed by atoms with Crippen LogP contribution in [-0.4, -0.2) is 132 Å². The lowest BCUT2D eigenvalue weighted by Gasteiger charge is -2.24. The molecular weight excluding hydrogens is 852 g/mol. The van der Waals surface area contributed by atoms with Gasteiger partial charge in [-0.3, -0.25) is 33.0 Å². The average molecular weight is 890 g/mol. The highest BCUT2D eigenvalue weighted by molar-refractivity contribution is 7.47. The molecule has 8 atom stereocenters. The second-order valence-electron chi connectivity index (χ2n) is 13.5. The number of aromatic nitrogens is 8. The Morgan fingerprint density at radius 3 is 2.44 bits per heavy atom. The number of nitrogen functional groups attached to an aromatic ring is 2. The normalized spacial score (nSPS) is 20.0. The van der Waals surface area contributed by atoms with Gasteiger partial charge in [0.2, 0.25) is 11.9 Å². The zero-order valence-electron chi connectivity index (χ0n) is 31.9. The molecule has 2 amide bonds. The summed E-state index contributed by atoms with van der Waals surface area (Å²) in [6.45, 7) is 0.237. The number of ether oxygens (including phenoxy) is 1. The van der Waals surface area contributed by atoms with Gasteiger partial charge in [0.05, 0.1) is 37.5 Å². The smallest absolute Gasteiger partial charge is 0.472 e. The lowest BCUT2D eigenvalue weighted by molar-refractivity contribution is -0.145. The first-order valence-corrected chi connectivity index (χ1v) is 19.5. The first-order valence-electron chi connectivity index (χ1n) is 18.0. The molecule has 1 aromatic carbocycles. The maximum atomic E-state index is 13.8. The number of carboxylic acids is 2. The predicted octanol–water partition coefficient (Wildman–Crippen LogP) is -1.86. The van der Waals surface area contributed by atoms with Crippen molar-refractivity contribution in [3.63, 3.8) is 0 Å². The summed E-state index contributed by atoms with van der Waals surface area (Å²) in [5, 5.41) is 48.0. The molecule has 7 unspecified atom stereocenters. The van der Waals surface area contributed by atoms with Gasteiger partial charge >= 0.3 is 25.8 Å².